The highest BCUT2D eigenvalue weighted by Crippen LogP contribution is 2.28. The maximum absolute atomic E-state index is 13.7. The van der Waals surface area contributed by atoms with Gasteiger partial charge < -0.3 is 20.1 Å². The van der Waals surface area contributed by atoms with Gasteiger partial charge in [-0.2, -0.15) is 0 Å². The third-order valence-electron chi connectivity index (χ3n) is 7.16. The van der Waals surface area contributed by atoms with E-state index >= 15 is 0 Å². The van der Waals surface area contributed by atoms with Gasteiger partial charge in [-0.1, -0.05) is 55.5 Å². The summed E-state index contributed by atoms with van der Waals surface area (Å²) in [5, 5.41) is 4.16. The quantitative estimate of drug-likeness (QED) is 0.268. The highest BCUT2D eigenvalue weighted by molar-refractivity contribution is 5.93. The zero-order chi connectivity index (χ0) is 26.5. The molecule has 1 saturated carbocycles. The SMILES string of the molecule is CCc1ccccc1NC(=O)N(CC(=O)N(CCc1c[nH]c2ccccc12)Cc1ccc(F)cc1)C1CC1. The molecule has 0 aliphatic heterocycles. The number of rotatable bonds is 10. The topological polar surface area (TPSA) is 68.4 Å². The number of benzene rings is 3. The molecule has 2 N–H and O–H groups in total. The number of para-hydroxylation sites is 2. The monoisotopic (exact) mass is 512 g/mol. The molecule has 196 valence electrons. The van der Waals surface area contributed by atoms with Crippen LogP contribution in [0, 0.1) is 5.82 Å². The Morgan fingerprint density at radius 3 is 2.47 bits per heavy atom. The maximum Gasteiger partial charge on any atom is 0.322 e. The lowest BCUT2D eigenvalue weighted by Gasteiger charge is -2.28. The van der Waals surface area contributed by atoms with Crippen molar-refractivity contribution in [2.24, 2.45) is 0 Å². The number of aromatic nitrogens is 1. The fourth-order valence-electron chi connectivity index (χ4n) is 4.83. The fraction of sp³-hybridized carbons (Fsp3) is 0.290. The number of aromatic amines is 1. The van der Waals surface area contributed by atoms with Gasteiger partial charge in [0.2, 0.25) is 5.91 Å². The molecule has 0 saturated heterocycles. The highest BCUT2D eigenvalue weighted by atomic mass is 19.1. The smallest absolute Gasteiger partial charge is 0.322 e. The van der Waals surface area contributed by atoms with E-state index in [9.17, 15) is 14.0 Å². The summed E-state index contributed by atoms with van der Waals surface area (Å²) in [5.41, 5.74) is 4.87. The largest absolute Gasteiger partial charge is 0.361 e. The van der Waals surface area contributed by atoms with Crippen LogP contribution in [0.5, 0.6) is 0 Å². The molecule has 1 fully saturated rings. The van der Waals surface area contributed by atoms with Gasteiger partial charge in [0.15, 0.2) is 0 Å². The first kappa shape index (κ1) is 25.5. The van der Waals surface area contributed by atoms with E-state index in [1.807, 2.05) is 55.6 Å². The third kappa shape index (κ3) is 6.05. The third-order valence-corrected chi connectivity index (χ3v) is 7.16. The highest BCUT2D eigenvalue weighted by Gasteiger charge is 2.35. The Morgan fingerprint density at radius 2 is 1.71 bits per heavy atom. The van der Waals surface area contributed by atoms with Crippen molar-refractivity contribution in [3.05, 3.63) is 102 Å². The van der Waals surface area contributed by atoms with Crippen LogP contribution in [0.15, 0.2) is 79.0 Å². The number of amides is 3. The second-order valence-electron chi connectivity index (χ2n) is 9.85. The summed E-state index contributed by atoms with van der Waals surface area (Å²) in [4.78, 5) is 33.7. The van der Waals surface area contributed by atoms with Crippen LogP contribution in [0.3, 0.4) is 0 Å². The van der Waals surface area contributed by atoms with Gasteiger partial charge in [-0.25, -0.2) is 9.18 Å². The van der Waals surface area contributed by atoms with Gasteiger partial charge in [0.25, 0.3) is 0 Å². The number of hydrogen-bond donors (Lipinski definition) is 2. The van der Waals surface area contributed by atoms with Crippen molar-refractivity contribution in [1.29, 1.82) is 0 Å². The number of hydrogen-bond acceptors (Lipinski definition) is 2. The zero-order valence-electron chi connectivity index (χ0n) is 21.6. The zero-order valence-corrected chi connectivity index (χ0v) is 21.6. The number of carbonyl (C=O) groups is 2. The van der Waals surface area contributed by atoms with E-state index in [-0.39, 0.29) is 30.3 Å². The Bertz CT molecular complexity index is 1410. The van der Waals surface area contributed by atoms with Crippen molar-refractivity contribution < 1.29 is 14.0 Å². The normalized spacial score (nSPS) is 12.9. The van der Waals surface area contributed by atoms with Crippen molar-refractivity contribution in [2.75, 3.05) is 18.4 Å². The molecule has 6 nitrogen and oxygen atoms in total. The molecule has 0 unspecified atom stereocenters. The maximum atomic E-state index is 13.7. The van der Waals surface area contributed by atoms with E-state index in [2.05, 4.69) is 16.4 Å². The minimum absolute atomic E-state index is 0.000128. The van der Waals surface area contributed by atoms with Gasteiger partial charge in [0.1, 0.15) is 12.4 Å². The van der Waals surface area contributed by atoms with E-state index in [4.69, 9.17) is 0 Å². The van der Waals surface area contributed by atoms with Crippen LogP contribution in [-0.4, -0.2) is 45.9 Å². The van der Waals surface area contributed by atoms with Crippen molar-refractivity contribution in [3.8, 4) is 0 Å². The Labute approximate surface area is 222 Å². The van der Waals surface area contributed by atoms with E-state index in [0.29, 0.717) is 19.5 Å². The van der Waals surface area contributed by atoms with E-state index < -0.39 is 0 Å². The molecular weight excluding hydrogens is 479 g/mol. The van der Waals surface area contributed by atoms with Crippen molar-refractivity contribution in [2.45, 2.75) is 45.2 Å². The molecule has 1 heterocycles. The van der Waals surface area contributed by atoms with Crippen LogP contribution in [0.25, 0.3) is 10.9 Å². The first-order chi connectivity index (χ1) is 18.5. The molecule has 1 aliphatic rings. The van der Waals surface area contributed by atoms with Crippen molar-refractivity contribution >= 4 is 28.5 Å². The average molecular weight is 513 g/mol. The van der Waals surface area contributed by atoms with Crippen LogP contribution in [-0.2, 0) is 24.2 Å². The molecule has 0 spiro atoms. The molecule has 1 aromatic heterocycles. The number of urea groups is 1. The van der Waals surface area contributed by atoms with Crippen LogP contribution in [0.2, 0.25) is 0 Å². The minimum atomic E-state index is -0.311. The number of halogens is 1. The van der Waals surface area contributed by atoms with Crippen LogP contribution in [0.4, 0.5) is 14.9 Å². The Balaban J connectivity index is 1.32. The predicted octanol–water partition coefficient (Wildman–Crippen LogP) is 6.14. The second-order valence-corrected chi connectivity index (χ2v) is 9.85. The number of aryl methyl sites for hydroxylation is 1. The van der Waals surface area contributed by atoms with Gasteiger partial charge in [-0.05, 0) is 66.6 Å². The van der Waals surface area contributed by atoms with E-state index in [0.717, 1.165) is 52.5 Å². The van der Waals surface area contributed by atoms with Crippen LogP contribution < -0.4 is 5.32 Å². The molecule has 5 rings (SSSR count). The molecule has 7 heteroatoms. The van der Waals surface area contributed by atoms with Crippen LogP contribution >= 0.6 is 0 Å². The van der Waals surface area contributed by atoms with Gasteiger partial charge in [0.05, 0.1) is 0 Å². The fourth-order valence-corrected chi connectivity index (χ4v) is 4.83. The molecule has 0 radical (unpaired) electrons. The molecule has 0 atom stereocenters. The van der Waals surface area contributed by atoms with Gasteiger partial charge in [0, 0.05) is 41.9 Å². The summed E-state index contributed by atoms with van der Waals surface area (Å²) in [6.07, 6.45) is 5.24. The van der Waals surface area contributed by atoms with Gasteiger partial charge in [-0.3, -0.25) is 4.79 Å². The lowest BCUT2D eigenvalue weighted by molar-refractivity contribution is -0.132. The molecule has 1 aliphatic carbocycles. The number of nitrogens with zero attached hydrogens (tertiary/aromatic N) is 2. The summed E-state index contributed by atoms with van der Waals surface area (Å²) < 4.78 is 13.5. The molecular formula is C31H33FN4O2. The molecule has 3 amide bonds. The van der Waals surface area contributed by atoms with Crippen molar-refractivity contribution in [1.82, 2.24) is 14.8 Å². The standard InChI is InChI=1S/C31H33FN4O2/c1-2-23-7-3-5-9-28(23)34-31(38)36(26-15-16-26)21-30(37)35(20-22-11-13-25(32)14-12-22)18-17-24-19-33-29-10-6-4-8-27(24)29/h3-14,19,26,33H,2,15-18,20-21H2,1H3,(H,34,38). The Hall–Kier alpha value is -4.13. The molecule has 3 aromatic carbocycles. The van der Waals surface area contributed by atoms with E-state index in [1.54, 1.807) is 21.9 Å². The number of nitrogens with one attached hydrogen (secondary N) is 2. The number of anilines is 1. The summed E-state index contributed by atoms with van der Waals surface area (Å²) in [7, 11) is 0. The lowest BCUT2D eigenvalue weighted by atomic mass is 10.1. The summed E-state index contributed by atoms with van der Waals surface area (Å²) in [6, 6.07) is 21.9. The summed E-state index contributed by atoms with van der Waals surface area (Å²) in [6.45, 7) is 2.88. The number of H-pyrrole nitrogens is 1. The first-order valence-electron chi connectivity index (χ1n) is 13.2. The average Bonchev–Trinajstić information content (AvgIpc) is 3.70. The predicted molar refractivity (Wildman–Crippen MR) is 148 cm³/mol. The van der Waals surface area contributed by atoms with Crippen molar-refractivity contribution in [3.63, 3.8) is 0 Å². The Morgan fingerprint density at radius 1 is 0.974 bits per heavy atom. The summed E-state index contributed by atoms with van der Waals surface area (Å²) in [5.74, 6) is -0.436. The second kappa shape index (κ2) is 11.5. The number of fused-ring (bicyclic) bond motifs is 1. The Kier molecular flexibility index (Phi) is 7.73. The summed E-state index contributed by atoms with van der Waals surface area (Å²) >= 11 is 0. The first-order valence-corrected chi connectivity index (χ1v) is 13.2. The minimum Gasteiger partial charge on any atom is -0.361 e. The molecule has 0 bridgehead atoms. The van der Waals surface area contributed by atoms with E-state index in [1.165, 1.54) is 12.1 Å². The van der Waals surface area contributed by atoms with Gasteiger partial charge >= 0.3 is 6.03 Å². The van der Waals surface area contributed by atoms with Crippen LogP contribution in [0.1, 0.15) is 36.5 Å². The number of carbonyl (C=O) groups excluding carboxylic acids is 2. The molecule has 4 aromatic rings. The molecule has 38 heavy (non-hydrogen) atoms. The van der Waals surface area contributed by atoms with Gasteiger partial charge in [-0.15, -0.1) is 0 Å². The lowest BCUT2D eigenvalue weighted by Crippen LogP contribution is -2.46.